The lowest BCUT2D eigenvalue weighted by Gasteiger charge is -2.35. The number of terminal acetylenes is 1. The summed E-state index contributed by atoms with van der Waals surface area (Å²) in [4.78, 5) is 4.64. The Morgan fingerprint density at radius 3 is 2.24 bits per heavy atom. The van der Waals surface area contributed by atoms with E-state index in [1.54, 1.807) is 0 Å². The lowest BCUT2D eigenvalue weighted by Crippen LogP contribution is -2.43. The molecule has 0 amide bonds. The van der Waals surface area contributed by atoms with Gasteiger partial charge >= 0.3 is 0 Å². The van der Waals surface area contributed by atoms with Crippen LogP contribution in [0.3, 0.4) is 0 Å². The number of piperazine rings is 1. The largest absolute Gasteiger partial charge is 0.368 e. The molecule has 1 fully saturated rings. The summed E-state index contributed by atoms with van der Waals surface area (Å²) in [7, 11) is 2.14. The minimum absolute atomic E-state index is 0.557. The van der Waals surface area contributed by atoms with Gasteiger partial charge in [0.2, 0.25) is 0 Å². The highest BCUT2D eigenvalue weighted by atomic mass is 35.5. The van der Waals surface area contributed by atoms with Gasteiger partial charge in [-0.3, -0.25) is 0 Å². The van der Waals surface area contributed by atoms with Crippen molar-refractivity contribution in [2.75, 3.05) is 39.8 Å². The number of halogens is 1. The van der Waals surface area contributed by atoms with Crippen LogP contribution in [0.2, 0.25) is 0 Å². The van der Waals surface area contributed by atoms with Crippen LogP contribution in [0.4, 0.5) is 0 Å². The van der Waals surface area contributed by atoms with E-state index in [-0.39, 0.29) is 0 Å². The molecule has 0 aromatic heterocycles. The highest BCUT2D eigenvalue weighted by Crippen LogP contribution is 2.17. The Labute approximate surface area is 110 Å². The average molecular weight is 256 g/mol. The molecule has 17 heavy (non-hydrogen) atoms. The van der Waals surface area contributed by atoms with E-state index in [1.165, 1.54) is 0 Å². The van der Waals surface area contributed by atoms with E-state index < -0.39 is 0 Å². The Bertz CT molecular complexity index is 282. The van der Waals surface area contributed by atoms with Crippen molar-refractivity contribution in [1.82, 2.24) is 9.80 Å². The monoisotopic (exact) mass is 255 g/mol. The predicted octanol–water partition coefficient (Wildman–Crippen LogP) is 1.47. The molecule has 0 bridgehead atoms. The van der Waals surface area contributed by atoms with Gasteiger partial charge in [0.25, 0.3) is 0 Å². The lowest BCUT2D eigenvalue weighted by atomic mass is 10.2. The smallest absolute Gasteiger partial charge is 0.0508 e. The fraction of sp³-hybridized carbons (Fsp3) is 0.538. The van der Waals surface area contributed by atoms with Crippen LogP contribution in [-0.2, 0) is 0 Å². The average Bonchev–Trinajstić information content (AvgIpc) is 2.34. The molecule has 1 heterocycles. The zero-order valence-corrected chi connectivity index (χ0v) is 11.5. The molecule has 0 aromatic carbocycles. The first kappa shape index (κ1) is 16.1. The van der Waals surface area contributed by atoms with Crippen molar-refractivity contribution in [3.05, 3.63) is 22.9 Å². The molecule has 0 aliphatic carbocycles. The minimum Gasteiger partial charge on any atom is -0.368 e. The Morgan fingerprint density at radius 1 is 1.29 bits per heavy atom. The quantitative estimate of drug-likeness (QED) is 0.612. The topological polar surface area (TPSA) is 32.5 Å². The van der Waals surface area contributed by atoms with Crippen LogP contribution in [-0.4, -0.2) is 49.6 Å². The number of hydrogen-bond acceptors (Lipinski definition) is 3. The summed E-state index contributed by atoms with van der Waals surface area (Å²) < 4.78 is 0. The van der Waals surface area contributed by atoms with E-state index in [9.17, 15) is 0 Å². The Kier molecular flexibility index (Phi) is 8.61. The zero-order chi connectivity index (χ0) is 13.3. The first-order chi connectivity index (χ1) is 8.15. The summed E-state index contributed by atoms with van der Waals surface area (Å²) in [6, 6.07) is 0. The van der Waals surface area contributed by atoms with E-state index in [1.807, 2.05) is 19.1 Å². The van der Waals surface area contributed by atoms with Crippen LogP contribution >= 0.6 is 11.6 Å². The van der Waals surface area contributed by atoms with Gasteiger partial charge in [0, 0.05) is 37.8 Å². The highest BCUT2D eigenvalue weighted by molar-refractivity contribution is 6.29. The van der Waals surface area contributed by atoms with Gasteiger partial charge in [-0.05, 0) is 20.0 Å². The maximum atomic E-state index is 6.08. The van der Waals surface area contributed by atoms with Gasteiger partial charge in [-0.1, -0.05) is 17.7 Å². The summed E-state index contributed by atoms with van der Waals surface area (Å²) in [5.74, 6) is 0. The van der Waals surface area contributed by atoms with Crippen molar-refractivity contribution in [2.24, 2.45) is 5.73 Å². The number of nitrogens with two attached hydrogens (primary N) is 1. The van der Waals surface area contributed by atoms with Crippen molar-refractivity contribution in [2.45, 2.75) is 6.92 Å². The number of nitrogens with zero attached hydrogens (tertiary/aromatic N) is 2. The second-order valence-corrected chi connectivity index (χ2v) is 4.41. The van der Waals surface area contributed by atoms with Crippen molar-refractivity contribution in [1.29, 1.82) is 0 Å². The molecule has 4 heteroatoms. The molecular formula is C13H22ClN3. The Morgan fingerprint density at radius 2 is 1.82 bits per heavy atom. The molecule has 1 aliphatic heterocycles. The van der Waals surface area contributed by atoms with Crippen molar-refractivity contribution in [3.63, 3.8) is 0 Å². The second kappa shape index (κ2) is 9.12. The van der Waals surface area contributed by atoms with Crippen molar-refractivity contribution >= 4 is 11.6 Å². The SMILES string of the molecule is C#C.C/C(Cl)=C(\C=C/CN)N1CCN(C)CC1. The fourth-order valence-electron chi connectivity index (χ4n) is 1.67. The molecule has 0 radical (unpaired) electrons. The van der Waals surface area contributed by atoms with E-state index in [2.05, 4.69) is 29.7 Å². The van der Waals surface area contributed by atoms with Crippen LogP contribution in [0, 0.1) is 12.8 Å². The predicted molar refractivity (Wildman–Crippen MR) is 75.7 cm³/mol. The number of allylic oxidation sites excluding steroid dienone is 2. The second-order valence-electron chi connectivity index (χ2n) is 3.85. The van der Waals surface area contributed by atoms with Gasteiger partial charge in [-0.2, -0.15) is 0 Å². The molecule has 1 rings (SSSR count). The van der Waals surface area contributed by atoms with Gasteiger partial charge in [-0.25, -0.2) is 0 Å². The van der Waals surface area contributed by atoms with Gasteiger partial charge in [-0.15, -0.1) is 12.8 Å². The minimum atomic E-state index is 0.557. The first-order valence-electron chi connectivity index (χ1n) is 5.65. The molecular weight excluding hydrogens is 234 g/mol. The van der Waals surface area contributed by atoms with Gasteiger partial charge in [0.05, 0.1) is 5.70 Å². The van der Waals surface area contributed by atoms with E-state index >= 15 is 0 Å². The van der Waals surface area contributed by atoms with Gasteiger partial charge in [0.1, 0.15) is 0 Å². The molecule has 0 unspecified atom stereocenters. The summed E-state index contributed by atoms with van der Waals surface area (Å²) in [6.07, 6.45) is 12.0. The molecule has 0 aromatic rings. The molecule has 96 valence electrons. The number of likely N-dealkylation sites (N-methyl/N-ethyl adjacent to an activating group) is 1. The lowest BCUT2D eigenvalue weighted by molar-refractivity contribution is 0.189. The van der Waals surface area contributed by atoms with Crippen molar-refractivity contribution < 1.29 is 0 Å². The third-order valence-electron chi connectivity index (χ3n) is 2.61. The maximum absolute atomic E-state index is 6.08. The maximum Gasteiger partial charge on any atom is 0.0508 e. The summed E-state index contributed by atoms with van der Waals surface area (Å²) in [5.41, 5.74) is 6.56. The third kappa shape index (κ3) is 5.78. The molecule has 2 N–H and O–H groups in total. The van der Waals surface area contributed by atoms with E-state index in [0.29, 0.717) is 6.54 Å². The molecule has 1 aliphatic rings. The molecule has 0 atom stereocenters. The normalized spacial score (nSPS) is 18.6. The highest BCUT2D eigenvalue weighted by Gasteiger charge is 2.15. The van der Waals surface area contributed by atoms with Crippen LogP contribution in [0.5, 0.6) is 0 Å². The summed E-state index contributed by atoms with van der Waals surface area (Å²) in [5, 5.41) is 0.837. The zero-order valence-electron chi connectivity index (χ0n) is 10.7. The molecule has 3 nitrogen and oxygen atoms in total. The van der Waals surface area contributed by atoms with Crippen molar-refractivity contribution in [3.8, 4) is 12.8 Å². The number of rotatable bonds is 3. The first-order valence-corrected chi connectivity index (χ1v) is 6.02. The molecule has 1 saturated heterocycles. The van der Waals surface area contributed by atoms with Gasteiger partial charge in [0.15, 0.2) is 0 Å². The Hall–Kier alpha value is -0.950. The molecule has 0 saturated carbocycles. The molecule has 0 spiro atoms. The van der Waals surface area contributed by atoms with Crippen LogP contribution in [0.25, 0.3) is 0 Å². The van der Waals surface area contributed by atoms with E-state index in [4.69, 9.17) is 17.3 Å². The summed E-state index contributed by atoms with van der Waals surface area (Å²) in [6.45, 7) is 6.72. The van der Waals surface area contributed by atoms with Crippen LogP contribution in [0.15, 0.2) is 22.9 Å². The van der Waals surface area contributed by atoms with E-state index in [0.717, 1.165) is 36.9 Å². The standard InChI is InChI=1S/C11H20ClN3.C2H2/c1-10(12)11(4-3-5-13)15-8-6-14(2)7-9-15;1-2/h3-4H,5-9,13H2,1-2H3;1-2H/b4-3-,11-10-;. The number of hydrogen-bond donors (Lipinski definition) is 1. The van der Waals surface area contributed by atoms with Crippen LogP contribution < -0.4 is 5.73 Å². The fourth-order valence-corrected chi connectivity index (χ4v) is 1.85. The summed E-state index contributed by atoms with van der Waals surface area (Å²) >= 11 is 6.08. The van der Waals surface area contributed by atoms with Crippen LogP contribution in [0.1, 0.15) is 6.92 Å². The third-order valence-corrected chi connectivity index (χ3v) is 2.80. The van der Waals surface area contributed by atoms with Gasteiger partial charge < -0.3 is 15.5 Å². The Balaban J connectivity index is 0.00000121.